The molecule has 134 valence electrons. The first-order valence-electron chi connectivity index (χ1n) is 8.56. The SMILES string of the molecule is C[C@]1(O)CC[C@@H]2CCC(C(=O)NCc3ccc(C(=N)N)cc3)N2C1=O. The fourth-order valence-corrected chi connectivity index (χ4v) is 3.67. The molecular formula is C18H24N4O3. The predicted molar refractivity (Wildman–Crippen MR) is 92.8 cm³/mol. The van der Waals surface area contributed by atoms with Gasteiger partial charge in [-0.15, -0.1) is 0 Å². The van der Waals surface area contributed by atoms with Gasteiger partial charge in [-0.05, 0) is 38.2 Å². The van der Waals surface area contributed by atoms with Crippen molar-refractivity contribution in [3.05, 3.63) is 35.4 Å². The van der Waals surface area contributed by atoms with Gasteiger partial charge in [0.25, 0.3) is 5.91 Å². The monoisotopic (exact) mass is 344 g/mol. The molecule has 0 bridgehead atoms. The van der Waals surface area contributed by atoms with Crippen LogP contribution in [0.3, 0.4) is 0 Å². The number of fused-ring (bicyclic) bond motifs is 1. The molecule has 0 aliphatic carbocycles. The largest absolute Gasteiger partial charge is 0.384 e. The van der Waals surface area contributed by atoms with Gasteiger partial charge in [0.15, 0.2) is 0 Å². The van der Waals surface area contributed by atoms with Crippen LogP contribution in [0.1, 0.15) is 43.7 Å². The molecule has 3 atom stereocenters. The summed E-state index contributed by atoms with van der Waals surface area (Å²) in [5.41, 5.74) is 5.58. The number of nitrogens with two attached hydrogens (primary N) is 1. The first-order chi connectivity index (χ1) is 11.8. The maximum Gasteiger partial charge on any atom is 0.255 e. The van der Waals surface area contributed by atoms with Gasteiger partial charge >= 0.3 is 0 Å². The maximum atomic E-state index is 12.6. The van der Waals surface area contributed by atoms with Crippen molar-refractivity contribution in [3.63, 3.8) is 0 Å². The number of piperidine rings is 1. The molecule has 0 aromatic heterocycles. The van der Waals surface area contributed by atoms with Crippen molar-refractivity contribution in [2.45, 2.75) is 56.8 Å². The highest BCUT2D eigenvalue weighted by atomic mass is 16.3. The molecule has 1 aromatic carbocycles. The smallest absolute Gasteiger partial charge is 0.255 e. The molecule has 2 amide bonds. The van der Waals surface area contributed by atoms with E-state index in [9.17, 15) is 14.7 Å². The van der Waals surface area contributed by atoms with Crippen LogP contribution in [0.25, 0.3) is 0 Å². The van der Waals surface area contributed by atoms with E-state index >= 15 is 0 Å². The number of carbonyl (C=O) groups is 2. The average molecular weight is 344 g/mol. The van der Waals surface area contributed by atoms with Crippen LogP contribution in [-0.2, 0) is 16.1 Å². The molecule has 2 heterocycles. The van der Waals surface area contributed by atoms with Gasteiger partial charge in [-0.25, -0.2) is 0 Å². The third-order valence-electron chi connectivity index (χ3n) is 5.20. The van der Waals surface area contributed by atoms with E-state index in [-0.39, 0.29) is 23.7 Å². The van der Waals surface area contributed by atoms with Crippen molar-refractivity contribution < 1.29 is 14.7 Å². The van der Waals surface area contributed by atoms with Crippen molar-refractivity contribution in [3.8, 4) is 0 Å². The van der Waals surface area contributed by atoms with E-state index in [1.165, 1.54) is 6.92 Å². The lowest BCUT2D eigenvalue weighted by atomic mass is 9.90. The van der Waals surface area contributed by atoms with Crippen molar-refractivity contribution in [1.82, 2.24) is 10.2 Å². The first kappa shape index (κ1) is 17.4. The van der Waals surface area contributed by atoms with Gasteiger partial charge in [-0.1, -0.05) is 24.3 Å². The number of nitrogen functional groups attached to an aromatic ring is 1. The van der Waals surface area contributed by atoms with E-state index in [2.05, 4.69) is 5.32 Å². The molecule has 7 nitrogen and oxygen atoms in total. The minimum absolute atomic E-state index is 0.00301. The summed E-state index contributed by atoms with van der Waals surface area (Å²) in [6, 6.07) is 6.64. The molecule has 5 N–H and O–H groups in total. The summed E-state index contributed by atoms with van der Waals surface area (Å²) in [5.74, 6) is -0.528. The van der Waals surface area contributed by atoms with Crippen LogP contribution >= 0.6 is 0 Å². The van der Waals surface area contributed by atoms with E-state index in [1.807, 2.05) is 12.1 Å². The molecular weight excluding hydrogens is 320 g/mol. The zero-order valence-corrected chi connectivity index (χ0v) is 14.3. The van der Waals surface area contributed by atoms with Gasteiger partial charge in [0.1, 0.15) is 17.5 Å². The van der Waals surface area contributed by atoms with Gasteiger partial charge in [-0.2, -0.15) is 0 Å². The maximum absolute atomic E-state index is 12.6. The number of rotatable bonds is 4. The molecule has 2 aliphatic heterocycles. The number of amidine groups is 1. The summed E-state index contributed by atoms with van der Waals surface area (Å²) in [5, 5.41) is 20.5. The first-order valence-corrected chi connectivity index (χ1v) is 8.56. The van der Waals surface area contributed by atoms with E-state index in [0.717, 1.165) is 18.4 Å². The Balaban J connectivity index is 1.63. The Labute approximate surface area is 146 Å². The summed E-state index contributed by atoms with van der Waals surface area (Å²) in [7, 11) is 0. The molecule has 0 radical (unpaired) electrons. The number of amides is 2. The highest BCUT2D eigenvalue weighted by molar-refractivity contribution is 5.95. The lowest BCUT2D eigenvalue weighted by molar-refractivity contribution is -0.161. The van der Waals surface area contributed by atoms with Crippen LogP contribution in [0, 0.1) is 5.41 Å². The van der Waals surface area contributed by atoms with Crippen molar-refractivity contribution in [2.24, 2.45) is 5.73 Å². The number of nitrogens with zero attached hydrogens (tertiary/aromatic N) is 1. The van der Waals surface area contributed by atoms with Crippen LogP contribution in [0.2, 0.25) is 0 Å². The number of carbonyl (C=O) groups excluding carboxylic acids is 2. The number of hydrogen-bond donors (Lipinski definition) is 4. The Morgan fingerprint density at radius 2 is 2.04 bits per heavy atom. The van der Waals surface area contributed by atoms with Crippen LogP contribution in [0.15, 0.2) is 24.3 Å². The fourth-order valence-electron chi connectivity index (χ4n) is 3.67. The summed E-state index contributed by atoms with van der Waals surface area (Å²) < 4.78 is 0. The summed E-state index contributed by atoms with van der Waals surface area (Å²) in [4.78, 5) is 26.6. The molecule has 2 saturated heterocycles. The van der Waals surface area contributed by atoms with Crippen molar-refractivity contribution in [1.29, 1.82) is 5.41 Å². The molecule has 7 heteroatoms. The molecule has 3 rings (SSSR count). The Bertz CT molecular complexity index is 699. The van der Waals surface area contributed by atoms with Crippen LogP contribution < -0.4 is 11.1 Å². The van der Waals surface area contributed by atoms with Crippen LogP contribution in [-0.4, -0.2) is 45.3 Å². The molecule has 2 fully saturated rings. The minimum Gasteiger partial charge on any atom is -0.384 e. The molecule has 1 aromatic rings. The zero-order valence-electron chi connectivity index (χ0n) is 14.3. The summed E-state index contributed by atoms with van der Waals surface area (Å²) in [6.07, 6.45) is 2.60. The molecule has 0 saturated carbocycles. The van der Waals surface area contributed by atoms with Crippen LogP contribution in [0.4, 0.5) is 0 Å². The van der Waals surface area contributed by atoms with Gasteiger partial charge in [0.05, 0.1) is 0 Å². The highest BCUT2D eigenvalue weighted by Crippen LogP contribution is 2.36. The summed E-state index contributed by atoms with van der Waals surface area (Å²) in [6.45, 7) is 1.87. The highest BCUT2D eigenvalue weighted by Gasteiger charge is 2.50. The average Bonchev–Trinajstić information content (AvgIpc) is 3.01. The molecule has 1 unspecified atom stereocenters. The van der Waals surface area contributed by atoms with Gasteiger partial charge < -0.3 is 21.1 Å². The number of hydrogen-bond acceptors (Lipinski definition) is 4. The van der Waals surface area contributed by atoms with Gasteiger partial charge in [-0.3, -0.25) is 15.0 Å². The Hall–Kier alpha value is -2.41. The van der Waals surface area contributed by atoms with Crippen LogP contribution in [0.5, 0.6) is 0 Å². The molecule has 2 aliphatic rings. The number of nitrogens with one attached hydrogen (secondary N) is 2. The standard InChI is InChI=1S/C18H24N4O3/c1-18(25)9-8-13-6-7-14(22(13)17(18)24)16(23)21-10-11-2-4-12(5-3-11)15(19)20/h2-5,13-14,25H,6-10H2,1H3,(H3,19,20)(H,21,23)/t13-,14?,18-/m0/s1. The van der Waals surface area contributed by atoms with Crippen molar-refractivity contribution >= 4 is 17.6 Å². The lowest BCUT2D eigenvalue weighted by Crippen LogP contribution is -2.59. The zero-order chi connectivity index (χ0) is 18.2. The van der Waals surface area contributed by atoms with Gasteiger partial charge in [0.2, 0.25) is 5.91 Å². The van der Waals surface area contributed by atoms with E-state index in [1.54, 1.807) is 17.0 Å². The minimum atomic E-state index is -1.37. The predicted octanol–water partition coefficient (Wildman–Crippen LogP) is 0.491. The Morgan fingerprint density at radius 1 is 1.36 bits per heavy atom. The van der Waals surface area contributed by atoms with Crippen molar-refractivity contribution in [2.75, 3.05) is 0 Å². The number of benzene rings is 1. The number of aliphatic hydroxyl groups is 1. The molecule has 0 spiro atoms. The van der Waals surface area contributed by atoms with E-state index in [0.29, 0.717) is 24.9 Å². The fraction of sp³-hybridized carbons (Fsp3) is 0.500. The quantitative estimate of drug-likeness (QED) is 0.469. The molecule has 25 heavy (non-hydrogen) atoms. The second kappa shape index (κ2) is 6.48. The van der Waals surface area contributed by atoms with Gasteiger partial charge in [0, 0.05) is 18.2 Å². The third kappa shape index (κ3) is 3.37. The topological polar surface area (TPSA) is 120 Å². The third-order valence-corrected chi connectivity index (χ3v) is 5.20. The lowest BCUT2D eigenvalue weighted by Gasteiger charge is -2.40. The van der Waals surface area contributed by atoms with E-state index in [4.69, 9.17) is 11.1 Å². The Morgan fingerprint density at radius 3 is 2.68 bits per heavy atom. The van der Waals surface area contributed by atoms with E-state index < -0.39 is 11.6 Å². The Kier molecular flexibility index (Phi) is 4.51. The second-order valence-electron chi connectivity index (χ2n) is 7.10. The summed E-state index contributed by atoms with van der Waals surface area (Å²) >= 11 is 0. The normalized spacial score (nSPS) is 28.6. The second-order valence-corrected chi connectivity index (χ2v) is 7.10.